The largest absolute Gasteiger partial charge is 0.393 e. The molecule has 1 aromatic heterocycles. The fraction of sp³-hybridized carbons (Fsp3) is 0.273. The second-order valence-corrected chi connectivity index (χ2v) is 4.60. The van der Waals surface area contributed by atoms with Crippen molar-refractivity contribution in [2.45, 2.75) is 19.4 Å². The van der Waals surface area contributed by atoms with Crippen LogP contribution < -0.4 is 0 Å². The Hall–Kier alpha value is -1.10. The number of halogens is 2. The molecule has 0 aliphatic carbocycles. The van der Waals surface area contributed by atoms with Crippen LogP contribution in [0.3, 0.4) is 0 Å². The first kappa shape index (κ1) is 12.4. The lowest BCUT2D eigenvalue weighted by atomic mass is 10.2. The normalized spacial score (nSPS) is 12.7. The van der Waals surface area contributed by atoms with Crippen molar-refractivity contribution in [3.63, 3.8) is 0 Å². The summed E-state index contributed by atoms with van der Waals surface area (Å²) in [6.07, 6.45) is -0.201. The lowest BCUT2D eigenvalue weighted by Gasteiger charge is -1.97. The van der Waals surface area contributed by atoms with E-state index in [1.165, 1.54) is 0 Å². The van der Waals surface area contributed by atoms with Crippen LogP contribution >= 0.6 is 23.2 Å². The maximum Gasteiger partial charge on any atom is 0.229 e. The van der Waals surface area contributed by atoms with Crippen LogP contribution in [0.4, 0.5) is 0 Å². The van der Waals surface area contributed by atoms with E-state index in [1.54, 1.807) is 25.1 Å². The van der Waals surface area contributed by atoms with E-state index in [0.717, 1.165) is 0 Å². The van der Waals surface area contributed by atoms with Gasteiger partial charge in [-0.2, -0.15) is 4.98 Å². The van der Waals surface area contributed by atoms with E-state index in [2.05, 4.69) is 10.1 Å². The van der Waals surface area contributed by atoms with E-state index >= 15 is 0 Å². The van der Waals surface area contributed by atoms with E-state index in [-0.39, 0.29) is 0 Å². The summed E-state index contributed by atoms with van der Waals surface area (Å²) in [7, 11) is 0. The van der Waals surface area contributed by atoms with Gasteiger partial charge in [-0.3, -0.25) is 0 Å². The quantitative estimate of drug-likeness (QED) is 0.933. The minimum atomic E-state index is -0.522. The lowest BCUT2D eigenvalue weighted by Crippen LogP contribution is -2.04. The molecule has 1 heterocycles. The molecule has 2 aromatic rings. The molecule has 0 spiro atoms. The van der Waals surface area contributed by atoms with Crippen LogP contribution in [-0.4, -0.2) is 21.4 Å². The third-order valence-corrected chi connectivity index (χ3v) is 2.50. The standard InChI is InChI=1S/C11H10Cl2N2O2/c1-6(16)2-10-14-11(15-17-10)7-3-8(12)5-9(13)4-7/h3-6,16H,2H2,1H3. The van der Waals surface area contributed by atoms with Crippen LogP contribution in [0.2, 0.25) is 10.0 Å². The molecule has 1 aromatic carbocycles. The number of benzene rings is 1. The van der Waals surface area contributed by atoms with Gasteiger partial charge in [0.1, 0.15) is 0 Å². The Morgan fingerprint density at radius 2 is 1.94 bits per heavy atom. The van der Waals surface area contributed by atoms with Gasteiger partial charge in [0.05, 0.1) is 12.5 Å². The molecule has 0 fully saturated rings. The number of rotatable bonds is 3. The van der Waals surface area contributed by atoms with Crippen molar-refractivity contribution in [2.24, 2.45) is 0 Å². The highest BCUT2D eigenvalue weighted by Crippen LogP contribution is 2.25. The zero-order valence-corrected chi connectivity index (χ0v) is 10.5. The molecule has 6 heteroatoms. The Bertz CT molecular complexity index is 506. The van der Waals surface area contributed by atoms with E-state index in [9.17, 15) is 5.11 Å². The highest BCUT2D eigenvalue weighted by Gasteiger charge is 2.11. The first-order chi connectivity index (χ1) is 8.04. The molecule has 2 rings (SSSR count). The molecule has 0 aliphatic rings. The highest BCUT2D eigenvalue weighted by molar-refractivity contribution is 6.35. The van der Waals surface area contributed by atoms with Crippen LogP contribution in [-0.2, 0) is 6.42 Å². The number of aliphatic hydroxyl groups is 1. The van der Waals surface area contributed by atoms with Crippen molar-refractivity contribution < 1.29 is 9.63 Å². The van der Waals surface area contributed by atoms with Crippen molar-refractivity contribution in [1.82, 2.24) is 10.1 Å². The third-order valence-electron chi connectivity index (χ3n) is 2.06. The number of hydrogen-bond acceptors (Lipinski definition) is 4. The summed E-state index contributed by atoms with van der Waals surface area (Å²) in [5, 5.41) is 14.0. The van der Waals surface area contributed by atoms with E-state index in [0.29, 0.717) is 33.7 Å². The van der Waals surface area contributed by atoms with Gasteiger partial charge in [0.25, 0.3) is 0 Å². The van der Waals surface area contributed by atoms with Gasteiger partial charge < -0.3 is 9.63 Å². The summed E-state index contributed by atoms with van der Waals surface area (Å²) in [6, 6.07) is 5.03. The summed E-state index contributed by atoms with van der Waals surface area (Å²) >= 11 is 11.8. The van der Waals surface area contributed by atoms with Gasteiger partial charge in [-0.05, 0) is 25.1 Å². The van der Waals surface area contributed by atoms with Gasteiger partial charge in [-0.1, -0.05) is 28.4 Å². The SMILES string of the molecule is CC(O)Cc1nc(-c2cc(Cl)cc(Cl)c2)no1. The fourth-order valence-electron chi connectivity index (χ4n) is 1.39. The molecule has 90 valence electrons. The van der Waals surface area contributed by atoms with E-state index < -0.39 is 6.10 Å². The molecule has 0 saturated heterocycles. The Morgan fingerprint density at radius 3 is 2.53 bits per heavy atom. The molecule has 17 heavy (non-hydrogen) atoms. The first-order valence-electron chi connectivity index (χ1n) is 5.01. The zero-order valence-electron chi connectivity index (χ0n) is 9.02. The molecule has 0 saturated carbocycles. The first-order valence-corrected chi connectivity index (χ1v) is 5.77. The van der Waals surface area contributed by atoms with E-state index in [1.807, 2.05) is 0 Å². The minimum Gasteiger partial charge on any atom is -0.393 e. The molecule has 1 atom stereocenters. The Morgan fingerprint density at radius 1 is 1.29 bits per heavy atom. The molecular formula is C11H10Cl2N2O2. The van der Waals surface area contributed by atoms with Crippen molar-refractivity contribution >= 4 is 23.2 Å². The molecular weight excluding hydrogens is 263 g/mol. The third kappa shape index (κ3) is 3.19. The number of nitrogens with zero attached hydrogens (tertiary/aromatic N) is 2. The number of aliphatic hydroxyl groups excluding tert-OH is 1. The summed E-state index contributed by atoms with van der Waals surface area (Å²) < 4.78 is 5.00. The van der Waals surface area contributed by atoms with Crippen LogP contribution in [0.1, 0.15) is 12.8 Å². The van der Waals surface area contributed by atoms with Crippen molar-refractivity contribution in [2.75, 3.05) is 0 Å². The molecule has 0 bridgehead atoms. The maximum atomic E-state index is 9.20. The number of aromatic nitrogens is 2. The lowest BCUT2D eigenvalue weighted by molar-refractivity contribution is 0.181. The Kier molecular flexibility index (Phi) is 3.66. The molecule has 4 nitrogen and oxygen atoms in total. The van der Waals surface area contributed by atoms with Crippen LogP contribution in [0.5, 0.6) is 0 Å². The predicted octanol–water partition coefficient (Wildman–Crippen LogP) is 2.97. The van der Waals surface area contributed by atoms with Gasteiger partial charge in [0.2, 0.25) is 11.7 Å². The molecule has 1 unspecified atom stereocenters. The molecule has 0 radical (unpaired) electrons. The summed E-state index contributed by atoms with van der Waals surface area (Å²) in [5.74, 6) is 0.788. The van der Waals surface area contributed by atoms with Gasteiger partial charge in [-0.25, -0.2) is 0 Å². The number of hydrogen-bond donors (Lipinski definition) is 1. The van der Waals surface area contributed by atoms with Gasteiger partial charge >= 0.3 is 0 Å². The zero-order chi connectivity index (χ0) is 12.4. The topological polar surface area (TPSA) is 59.2 Å². The Labute approximate surface area is 108 Å². The van der Waals surface area contributed by atoms with Crippen LogP contribution in [0, 0.1) is 0 Å². The summed E-state index contributed by atoms with van der Waals surface area (Å²) in [6.45, 7) is 1.65. The molecule has 0 amide bonds. The minimum absolute atomic E-state index is 0.321. The smallest absolute Gasteiger partial charge is 0.229 e. The second-order valence-electron chi connectivity index (χ2n) is 3.72. The Balaban J connectivity index is 2.30. The second kappa shape index (κ2) is 5.04. The fourth-order valence-corrected chi connectivity index (χ4v) is 1.92. The predicted molar refractivity (Wildman–Crippen MR) is 65.1 cm³/mol. The van der Waals surface area contributed by atoms with Gasteiger partial charge in [-0.15, -0.1) is 0 Å². The van der Waals surface area contributed by atoms with Crippen molar-refractivity contribution in [1.29, 1.82) is 0 Å². The van der Waals surface area contributed by atoms with Crippen LogP contribution in [0.15, 0.2) is 22.7 Å². The highest BCUT2D eigenvalue weighted by atomic mass is 35.5. The van der Waals surface area contributed by atoms with Crippen molar-refractivity contribution in [3.05, 3.63) is 34.1 Å². The summed E-state index contributed by atoms with van der Waals surface area (Å²) in [5.41, 5.74) is 0.683. The maximum absolute atomic E-state index is 9.20. The van der Waals surface area contributed by atoms with Crippen LogP contribution in [0.25, 0.3) is 11.4 Å². The van der Waals surface area contributed by atoms with Gasteiger partial charge in [0, 0.05) is 15.6 Å². The van der Waals surface area contributed by atoms with E-state index in [4.69, 9.17) is 27.7 Å². The summed E-state index contributed by atoms with van der Waals surface area (Å²) in [4.78, 5) is 4.15. The average molecular weight is 273 g/mol. The van der Waals surface area contributed by atoms with Gasteiger partial charge in [0.15, 0.2) is 0 Å². The van der Waals surface area contributed by atoms with Crippen molar-refractivity contribution in [3.8, 4) is 11.4 Å². The molecule has 0 aliphatic heterocycles. The average Bonchev–Trinajstić information content (AvgIpc) is 2.63. The monoisotopic (exact) mass is 272 g/mol. The molecule has 1 N–H and O–H groups in total.